The zero-order chi connectivity index (χ0) is 28.2. The third-order valence-electron chi connectivity index (χ3n) is 5.46. The molecule has 15 nitrogen and oxygen atoms in total. The first-order valence-electron chi connectivity index (χ1n) is 11.7. The number of nitrogens with one attached hydrogen (secondary N) is 4. The van der Waals surface area contributed by atoms with Gasteiger partial charge in [0.05, 0.1) is 12.5 Å². The molecule has 0 aliphatic heterocycles. The Morgan fingerprint density at radius 1 is 0.947 bits per heavy atom. The van der Waals surface area contributed by atoms with E-state index >= 15 is 0 Å². The maximum absolute atomic E-state index is 13.2. The van der Waals surface area contributed by atoms with Crippen molar-refractivity contribution in [3.8, 4) is 0 Å². The molecule has 2 rings (SSSR count). The minimum Gasteiger partial charge on any atom is -0.481 e. The van der Waals surface area contributed by atoms with E-state index in [1.807, 2.05) is 23.5 Å². The van der Waals surface area contributed by atoms with Gasteiger partial charge in [-0.1, -0.05) is 18.2 Å². The zero-order valence-electron chi connectivity index (χ0n) is 20.5. The van der Waals surface area contributed by atoms with Gasteiger partial charge in [0, 0.05) is 30.1 Å². The number of aromatic amines is 1. The van der Waals surface area contributed by atoms with Crippen LogP contribution in [0, 0.1) is 0 Å². The quantitative estimate of drug-likeness (QED) is 0.0674. The summed E-state index contributed by atoms with van der Waals surface area (Å²) >= 11 is 0. The Bertz CT molecular complexity index is 1190. The van der Waals surface area contributed by atoms with Crippen molar-refractivity contribution in [3.05, 3.63) is 36.0 Å². The molecule has 0 radical (unpaired) electrons. The Hall–Kier alpha value is -4.66. The van der Waals surface area contributed by atoms with Crippen LogP contribution in [0.4, 0.5) is 0 Å². The van der Waals surface area contributed by atoms with Crippen LogP contribution in [0.15, 0.2) is 35.5 Å². The maximum Gasteiger partial charge on any atom is 0.322 e. The molecule has 38 heavy (non-hydrogen) atoms. The molecule has 1 aromatic heterocycles. The number of carbonyl (C=O) groups is 5. The fourth-order valence-electron chi connectivity index (χ4n) is 3.60. The molecule has 0 aliphatic rings. The van der Waals surface area contributed by atoms with Gasteiger partial charge in [0.15, 0.2) is 5.96 Å². The summed E-state index contributed by atoms with van der Waals surface area (Å²) in [6.45, 7) is -0.514. The number of aliphatic imine (C=N–C) groups is 1. The van der Waals surface area contributed by atoms with Crippen molar-refractivity contribution in [2.45, 2.75) is 43.8 Å². The molecule has 1 heterocycles. The normalized spacial score (nSPS) is 13.1. The highest BCUT2D eigenvalue weighted by molar-refractivity contribution is 5.95. The van der Waals surface area contributed by atoms with Crippen LogP contribution < -0.4 is 33.2 Å². The summed E-state index contributed by atoms with van der Waals surface area (Å²) in [5, 5.41) is 25.7. The van der Waals surface area contributed by atoms with E-state index in [0.29, 0.717) is 12.0 Å². The molecule has 0 saturated carbocycles. The highest BCUT2D eigenvalue weighted by atomic mass is 16.4. The lowest BCUT2D eigenvalue weighted by Gasteiger charge is -2.23. The number of H-pyrrole nitrogens is 1. The van der Waals surface area contributed by atoms with Crippen LogP contribution in [-0.2, 0) is 30.4 Å². The second kappa shape index (κ2) is 14.2. The second-order valence-electron chi connectivity index (χ2n) is 8.45. The van der Waals surface area contributed by atoms with Crippen molar-refractivity contribution >= 4 is 46.5 Å². The third kappa shape index (κ3) is 9.42. The van der Waals surface area contributed by atoms with Crippen molar-refractivity contribution < 1.29 is 34.2 Å². The van der Waals surface area contributed by atoms with Gasteiger partial charge in [-0.3, -0.25) is 29.0 Å². The molecule has 0 fully saturated rings. The smallest absolute Gasteiger partial charge is 0.322 e. The van der Waals surface area contributed by atoms with Gasteiger partial charge < -0.3 is 48.3 Å². The van der Waals surface area contributed by atoms with Crippen molar-refractivity contribution in [3.63, 3.8) is 0 Å². The number of carbonyl (C=O) groups excluding carboxylic acids is 3. The van der Waals surface area contributed by atoms with Crippen molar-refractivity contribution in [2.24, 2.45) is 22.2 Å². The molecule has 206 valence electrons. The molecule has 2 aromatic rings. The van der Waals surface area contributed by atoms with Gasteiger partial charge in [0.1, 0.15) is 18.6 Å². The Kier molecular flexibility index (Phi) is 11.0. The van der Waals surface area contributed by atoms with Gasteiger partial charge in [0.25, 0.3) is 0 Å². The van der Waals surface area contributed by atoms with Crippen molar-refractivity contribution in [1.29, 1.82) is 0 Å². The molecule has 0 aliphatic carbocycles. The Labute approximate surface area is 217 Å². The summed E-state index contributed by atoms with van der Waals surface area (Å²) in [5.41, 5.74) is 18.0. The number of benzene rings is 1. The van der Waals surface area contributed by atoms with Crippen LogP contribution in [0.1, 0.15) is 24.8 Å². The van der Waals surface area contributed by atoms with Gasteiger partial charge in [-0.05, 0) is 24.5 Å². The molecule has 1 aromatic carbocycles. The molecular weight excluding hydrogens is 500 g/mol. The molecule has 3 atom stereocenters. The fourth-order valence-corrected chi connectivity index (χ4v) is 3.60. The van der Waals surface area contributed by atoms with Crippen LogP contribution in [-0.4, -0.2) is 82.0 Å². The highest BCUT2D eigenvalue weighted by Gasteiger charge is 2.30. The van der Waals surface area contributed by atoms with Gasteiger partial charge in [0.2, 0.25) is 17.7 Å². The van der Waals surface area contributed by atoms with E-state index in [-0.39, 0.29) is 25.3 Å². The predicted molar refractivity (Wildman–Crippen MR) is 137 cm³/mol. The summed E-state index contributed by atoms with van der Waals surface area (Å²) in [6, 6.07) is 3.44. The lowest BCUT2D eigenvalue weighted by atomic mass is 10.0. The van der Waals surface area contributed by atoms with E-state index in [1.165, 1.54) is 0 Å². The van der Waals surface area contributed by atoms with Crippen LogP contribution in [0.5, 0.6) is 0 Å². The SMILES string of the molecule is NC(N)=NCCCC(N)C(=O)NC(Cc1c[nH]c2ccccc12)C(=O)NC(CC(=O)O)C(=O)NCC(=O)O. The van der Waals surface area contributed by atoms with E-state index in [1.54, 1.807) is 12.3 Å². The average Bonchev–Trinajstić information content (AvgIpc) is 3.26. The highest BCUT2D eigenvalue weighted by Crippen LogP contribution is 2.19. The topological polar surface area (TPSA) is 268 Å². The number of carboxylic acids is 2. The maximum atomic E-state index is 13.2. The van der Waals surface area contributed by atoms with Gasteiger partial charge in [-0.15, -0.1) is 0 Å². The van der Waals surface area contributed by atoms with Crippen LogP contribution in [0.3, 0.4) is 0 Å². The monoisotopic (exact) mass is 532 g/mol. The molecule has 3 amide bonds. The van der Waals surface area contributed by atoms with E-state index < -0.39 is 60.8 Å². The lowest BCUT2D eigenvalue weighted by molar-refractivity contribution is -0.141. The number of guanidine groups is 1. The molecule has 12 N–H and O–H groups in total. The van der Waals surface area contributed by atoms with Crippen LogP contribution >= 0.6 is 0 Å². The standard InChI is InChI=1S/C23H32N8O7/c24-14(5-3-7-27-23(25)26)20(36)30-16(8-12-10-28-15-6-2-1-4-13(12)15)22(38)31-17(9-18(32)33)21(37)29-11-19(34)35/h1-2,4,6,10,14,16-17,28H,3,5,7-9,11,24H2,(H,29,37)(H,30,36)(H,31,38)(H,32,33)(H,34,35)(H4,25,26,27). The number of hydrogen-bond donors (Lipinski definition) is 9. The molecule has 0 saturated heterocycles. The largest absolute Gasteiger partial charge is 0.481 e. The number of hydrogen-bond acceptors (Lipinski definition) is 7. The average molecular weight is 533 g/mol. The third-order valence-corrected chi connectivity index (χ3v) is 5.46. The number of nitrogens with zero attached hydrogens (tertiary/aromatic N) is 1. The minimum atomic E-state index is -1.59. The zero-order valence-corrected chi connectivity index (χ0v) is 20.5. The van der Waals surface area contributed by atoms with E-state index in [9.17, 15) is 29.1 Å². The Morgan fingerprint density at radius 2 is 1.63 bits per heavy atom. The number of aliphatic carboxylic acids is 2. The first kappa shape index (κ1) is 29.6. The summed E-state index contributed by atoms with van der Waals surface area (Å²) in [5.74, 6) is -5.36. The molecule has 15 heteroatoms. The Balaban J connectivity index is 2.22. The molecular formula is C23H32N8O7. The van der Waals surface area contributed by atoms with Gasteiger partial charge in [-0.25, -0.2) is 0 Å². The van der Waals surface area contributed by atoms with E-state index in [0.717, 1.165) is 10.9 Å². The number of fused-ring (bicyclic) bond motifs is 1. The van der Waals surface area contributed by atoms with Crippen molar-refractivity contribution in [2.75, 3.05) is 13.1 Å². The second-order valence-corrected chi connectivity index (χ2v) is 8.45. The molecule has 0 bridgehead atoms. The minimum absolute atomic E-state index is 0.0150. The van der Waals surface area contributed by atoms with E-state index in [2.05, 4.69) is 20.6 Å². The lowest BCUT2D eigenvalue weighted by Crippen LogP contribution is -2.57. The Morgan fingerprint density at radius 3 is 2.29 bits per heavy atom. The first-order valence-corrected chi connectivity index (χ1v) is 11.7. The van der Waals surface area contributed by atoms with E-state index in [4.69, 9.17) is 22.3 Å². The fraction of sp³-hybridized carbons (Fsp3) is 0.391. The van der Waals surface area contributed by atoms with Gasteiger partial charge in [-0.2, -0.15) is 0 Å². The van der Waals surface area contributed by atoms with Crippen LogP contribution in [0.2, 0.25) is 0 Å². The predicted octanol–water partition coefficient (Wildman–Crippen LogP) is -2.26. The number of amides is 3. The number of rotatable bonds is 15. The number of para-hydroxylation sites is 1. The summed E-state index contributed by atoms with van der Waals surface area (Å²) in [4.78, 5) is 67.3. The summed E-state index contributed by atoms with van der Waals surface area (Å²) in [6.07, 6.45) is 1.45. The number of aromatic nitrogens is 1. The summed E-state index contributed by atoms with van der Waals surface area (Å²) < 4.78 is 0. The van der Waals surface area contributed by atoms with Gasteiger partial charge >= 0.3 is 11.9 Å². The number of carboxylic acid groups (broad SMARTS) is 2. The molecule has 0 spiro atoms. The molecule has 3 unspecified atom stereocenters. The number of nitrogens with two attached hydrogens (primary N) is 3. The summed E-state index contributed by atoms with van der Waals surface area (Å²) in [7, 11) is 0. The van der Waals surface area contributed by atoms with Crippen molar-refractivity contribution in [1.82, 2.24) is 20.9 Å². The van der Waals surface area contributed by atoms with Crippen LogP contribution in [0.25, 0.3) is 10.9 Å². The first-order chi connectivity index (χ1) is 18.0.